The number of hydrogen-bond donors (Lipinski definition) is 1. The van der Waals surface area contributed by atoms with Crippen LogP contribution in [0.3, 0.4) is 0 Å². The molecule has 1 amide bonds. The van der Waals surface area contributed by atoms with Crippen molar-refractivity contribution in [3.05, 3.63) is 47.0 Å². The molecule has 3 rings (SSSR count). The van der Waals surface area contributed by atoms with E-state index in [9.17, 15) is 9.90 Å². The van der Waals surface area contributed by atoms with Crippen LogP contribution in [0.1, 0.15) is 12.5 Å². The number of carbonyl (C=O) groups is 1. The SMILES string of the molecule is C[C@H](C(=O)N1CCOc2c(O)cc(-c3cccc(Cl)c3)cc2C1)N(C)C. The van der Waals surface area contributed by atoms with E-state index in [2.05, 4.69) is 0 Å². The molecule has 1 N–H and O–H groups in total. The first-order valence-corrected chi connectivity index (χ1v) is 8.94. The number of amides is 1. The molecule has 0 saturated heterocycles. The Bertz CT molecular complexity index is 823. The molecule has 5 nitrogen and oxygen atoms in total. The highest BCUT2D eigenvalue weighted by molar-refractivity contribution is 6.30. The summed E-state index contributed by atoms with van der Waals surface area (Å²) < 4.78 is 5.73. The first-order chi connectivity index (χ1) is 12.4. The van der Waals surface area contributed by atoms with E-state index in [4.69, 9.17) is 16.3 Å². The summed E-state index contributed by atoms with van der Waals surface area (Å²) in [5.41, 5.74) is 2.53. The van der Waals surface area contributed by atoms with Crippen molar-refractivity contribution in [3.63, 3.8) is 0 Å². The third-order valence-electron chi connectivity index (χ3n) is 4.72. The summed E-state index contributed by atoms with van der Waals surface area (Å²) in [6.07, 6.45) is 0. The number of fused-ring (bicyclic) bond motifs is 1. The van der Waals surface area contributed by atoms with E-state index in [-0.39, 0.29) is 17.7 Å². The lowest BCUT2D eigenvalue weighted by Crippen LogP contribution is -2.44. The molecule has 26 heavy (non-hydrogen) atoms. The summed E-state index contributed by atoms with van der Waals surface area (Å²) in [4.78, 5) is 16.4. The molecule has 0 unspecified atom stereocenters. The predicted octanol–water partition coefficient (Wildman–Crippen LogP) is 3.38. The predicted molar refractivity (Wildman–Crippen MR) is 103 cm³/mol. The van der Waals surface area contributed by atoms with Gasteiger partial charge in [0.2, 0.25) is 5.91 Å². The van der Waals surface area contributed by atoms with Gasteiger partial charge in [-0.1, -0.05) is 23.7 Å². The van der Waals surface area contributed by atoms with Crippen molar-refractivity contribution in [2.24, 2.45) is 0 Å². The molecule has 0 spiro atoms. The van der Waals surface area contributed by atoms with Crippen molar-refractivity contribution in [3.8, 4) is 22.6 Å². The molecule has 1 atom stereocenters. The maximum Gasteiger partial charge on any atom is 0.240 e. The summed E-state index contributed by atoms with van der Waals surface area (Å²) >= 11 is 6.09. The topological polar surface area (TPSA) is 53.0 Å². The Balaban J connectivity index is 1.96. The Hall–Kier alpha value is -2.24. The number of halogens is 1. The van der Waals surface area contributed by atoms with E-state index in [1.54, 1.807) is 17.0 Å². The minimum absolute atomic E-state index is 0.0408. The van der Waals surface area contributed by atoms with Crippen molar-refractivity contribution in [2.75, 3.05) is 27.2 Å². The molecule has 0 saturated carbocycles. The van der Waals surface area contributed by atoms with E-state index >= 15 is 0 Å². The fourth-order valence-corrected chi connectivity index (χ4v) is 3.20. The highest BCUT2D eigenvalue weighted by atomic mass is 35.5. The van der Waals surface area contributed by atoms with Gasteiger partial charge in [-0.05, 0) is 56.4 Å². The normalized spacial score (nSPS) is 15.2. The van der Waals surface area contributed by atoms with E-state index in [0.29, 0.717) is 30.5 Å². The number of aromatic hydroxyl groups is 1. The van der Waals surface area contributed by atoms with Crippen LogP contribution in [0.5, 0.6) is 11.5 Å². The van der Waals surface area contributed by atoms with Crippen LogP contribution >= 0.6 is 11.6 Å². The molecule has 0 bridgehead atoms. The zero-order valence-corrected chi connectivity index (χ0v) is 16.0. The van der Waals surface area contributed by atoms with Gasteiger partial charge in [-0.15, -0.1) is 0 Å². The third-order valence-corrected chi connectivity index (χ3v) is 4.95. The van der Waals surface area contributed by atoms with Crippen molar-refractivity contribution in [1.29, 1.82) is 0 Å². The summed E-state index contributed by atoms with van der Waals surface area (Å²) in [7, 11) is 3.77. The first kappa shape index (κ1) is 18.5. The van der Waals surface area contributed by atoms with Gasteiger partial charge in [-0.25, -0.2) is 0 Å². The number of phenols is 1. The Morgan fingerprint density at radius 1 is 1.27 bits per heavy atom. The van der Waals surface area contributed by atoms with Crippen LogP contribution in [0.15, 0.2) is 36.4 Å². The molecule has 0 radical (unpaired) electrons. The second-order valence-electron chi connectivity index (χ2n) is 6.74. The minimum Gasteiger partial charge on any atom is -0.504 e. The number of ether oxygens (including phenoxy) is 1. The van der Waals surface area contributed by atoms with E-state index in [1.165, 1.54) is 0 Å². The average Bonchev–Trinajstić information content (AvgIpc) is 2.83. The van der Waals surface area contributed by atoms with Crippen LogP contribution in [0, 0.1) is 0 Å². The number of nitrogens with zero attached hydrogens (tertiary/aromatic N) is 2. The van der Waals surface area contributed by atoms with Crippen LogP contribution in [0.25, 0.3) is 11.1 Å². The fraction of sp³-hybridized carbons (Fsp3) is 0.350. The van der Waals surface area contributed by atoms with E-state index in [1.807, 2.05) is 50.2 Å². The Labute approximate surface area is 158 Å². The van der Waals surface area contributed by atoms with Crippen LogP contribution in [0.4, 0.5) is 0 Å². The summed E-state index contributed by atoms with van der Waals surface area (Å²) in [5.74, 6) is 0.565. The molecule has 0 aliphatic carbocycles. The molecule has 1 aliphatic rings. The van der Waals surface area contributed by atoms with Crippen molar-refractivity contribution >= 4 is 17.5 Å². The first-order valence-electron chi connectivity index (χ1n) is 8.56. The largest absolute Gasteiger partial charge is 0.504 e. The van der Waals surface area contributed by atoms with E-state index in [0.717, 1.165) is 16.7 Å². The maximum atomic E-state index is 12.7. The van der Waals surface area contributed by atoms with Gasteiger partial charge in [-0.3, -0.25) is 9.69 Å². The number of phenolic OH excluding ortho intramolecular Hbond substituents is 1. The summed E-state index contributed by atoms with van der Waals surface area (Å²) in [6.45, 7) is 3.11. The second kappa shape index (κ2) is 7.56. The number of carbonyl (C=O) groups excluding carboxylic acids is 1. The zero-order chi connectivity index (χ0) is 18.8. The Morgan fingerprint density at radius 3 is 2.73 bits per heavy atom. The van der Waals surface area contributed by atoms with E-state index < -0.39 is 0 Å². The number of likely N-dealkylation sites (N-methyl/N-ethyl adjacent to an activating group) is 1. The molecule has 6 heteroatoms. The number of benzene rings is 2. The smallest absolute Gasteiger partial charge is 0.240 e. The lowest BCUT2D eigenvalue weighted by Gasteiger charge is -2.27. The minimum atomic E-state index is -0.221. The maximum absolute atomic E-state index is 12.7. The highest BCUT2D eigenvalue weighted by Crippen LogP contribution is 2.38. The van der Waals surface area contributed by atoms with Gasteiger partial charge >= 0.3 is 0 Å². The molecule has 1 aliphatic heterocycles. The summed E-state index contributed by atoms with van der Waals surface area (Å²) in [5, 5.41) is 11.1. The van der Waals surface area contributed by atoms with Crippen LogP contribution < -0.4 is 4.74 Å². The van der Waals surface area contributed by atoms with Crippen LogP contribution in [0.2, 0.25) is 5.02 Å². The molecule has 2 aromatic rings. The second-order valence-corrected chi connectivity index (χ2v) is 7.18. The molecular weight excluding hydrogens is 352 g/mol. The van der Waals surface area contributed by atoms with Gasteiger partial charge in [0.15, 0.2) is 11.5 Å². The average molecular weight is 375 g/mol. The molecule has 138 valence electrons. The lowest BCUT2D eigenvalue weighted by atomic mass is 10.0. The van der Waals surface area contributed by atoms with Crippen molar-refractivity contribution < 1.29 is 14.6 Å². The number of rotatable bonds is 3. The van der Waals surface area contributed by atoms with Gasteiger partial charge < -0.3 is 14.7 Å². The van der Waals surface area contributed by atoms with Gasteiger partial charge in [0.05, 0.1) is 12.6 Å². The molecule has 0 aromatic heterocycles. The van der Waals surface area contributed by atoms with Crippen LogP contribution in [-0.4, -0.2) is 54.1 Å². The standard InChI is InChI=1S/C20H23ClN2O3/c1-13(22(2)3)20(25)23-7-8-26-19-16(12-23)9-15(11-18(19)24)14-5-4-6-17(21)10-14/h4-6,9-11,13,24H,7-8,12H2,1-3H3/t13-/m1/s1. The molecule has 2 aromatic carbocycles. The fourth-order valence-electron chi connectivity index (χ4n) is 3.01. The Kier molecular flexibility index (Phi) is 5.39. The number of hydrogen-bond acceptors (Lipinski definition) is 4. The zero-order valence-electron chi connectivity index (χ0n) is 15.2. The van der Waals surface area contributed by atoms with Gasteiger partial charge in [-0.2, -0.15) is 0 Å². The Morgan fingerprint density at radius 2 is 2.04 bits per heavy atom. The van der Waals surface area contributed by atoms with Gasteiger partial charge in [0, 0.05) is 17.1 Å². The van der Waals surface area contributed by atoms with Crippen molar-refractivity contribution in [2.45, 2.75) is 19.5 Å². The van der Waals surface area contributed by atoms with Crippen LogP contribution in [-0.2, 0) is 11.3 Å². The third kappa shape index (κ3) is 3.79. The lowest BCUT2D eigenvalue weighted by molar-refractivity contribution is -0.136. The monoisotopic (exact) mass is 374 g/mol. The van der Waals surface area contributed by atoms with Gasteiger partial charge in [0.25, 0.3) is 0 Å². The quantitative estimate of drug-likeness (QED) is 0.894. The molecule has 0 fully saturated rings. The molecular formula is C20H23ClN2O3. The highest BCUT2D eigenvalue weighted by Gasteiger charge is 2.26. The van der Waals surface area contributed by atoms with Gasteiger partial charge in [0.1, 0.15) is 6.61 Å². The summed E-state index contributed by atoms with van der Waals surface area (Å²) in [6, 6.07) is 10.9. The molecule has 1 heterocycles. The van der Waals surface area contributed by atoms with Crippen molar-refractivity contribution in [1.82, 2.24) is 9.80 Å².